The molecule has 1 aliphatic rings. The van der Waals surface area contributed by atoms with Crippen LogP contribution in [0.25, 0.3) is 0 Å². The summed E-state index contributed by atoms with van der Waals surface area (Å²) in [6.07, 6.45) is -0.321. The lowest BCUT2D eigenvalue weighted by Crippen LogP contribution is -2.38. The molecule has 1 saturated heterocycles. The van der Waals surface area contributed by atoms with E-state index < -0.39 is 5.60 Å². The van der Waals surface area contributed by atoms with Crippen LogP contribution in [0.15, 0.2) is 24.3 Å². The molecule has 1 amide bonds. The summed E-state index contributed by atoms with van der Waals surface area (Å²) in [5.41, 5.74) is 5.99. The summed E-state index contributed by atoms with van der Waals surface area (Å²) < 4.78 is 5.24. The van der Waals surface area contributed by atoms with Crippen LogP contribution in [0.4, 0.5) is 4.79 Å². The smallest absolute Gasteiger partial charge is 0.410 e. The average Bonchev–Trinajstić information content (AvgIpc) is 2.55. The molecule has 5 heteroatoms. The molecule has 0 aliphatic carbocycles. The molecule has 0 saturated carbocycles. The van der Waals surface area contributed by atoms with Crippen LogP contribution in [0, 0.1) is 0 Å². The summed E-state index contributed by atoms with van der Waals surface area (Å²) in [5.74, 6) is 0. The number of carbonyl (C=O) groups excluding carboxylic acids is 1. The van der Waals surface area contributed by atoms with Crippen molar-refractivity contribution in [2.24, 2.45) is 5.73 Å². The summed E-state index contributed by atoms with van der Waals surface area (Å²) in [7, 11) is 0. The number of rotatable bonds is 3. The summed E-state index contributed by atoms with van der Waals surface area (Å²) >= 11 is 5.90. The molecule has 4 nitrogen and oxygen atoms in total. The third-order valence-electron chi connectivity index (χ3n) is 2.81. The van der Waals surface area contributed by atoms with Crippen LogP contribution in [0.1, 0.15) is 12.5 Å². The van der Waals surface area contributed by atoms with E-state index in [1.807, 2.05) is 25.1 Å². The third-order valence-corrected chi connectivity index (χ3v) is 3.05. The first-order valence-electron chi connectivity index (χ1n) is 5.45. The van der Waals surface area contributed by atoms with Crippen LogP contribution in [0.2, 0.25) is 5.02 Å². The normalized spacial score (nSPS) is 23.9. The molecule has 2 N–H and O–H groups in total. The van der Waals surface area contributed by atoms with Crippen molar-refractivity contribution in [1.29, 1.82) is 0 Å². The SMILES string of the molecule is CC1(CN)CN(Cc2cccc(Cl)c2)C(=O)O1. The molecule has 1 heterocycles. The molecule has 0 bridgehead atoms. The van der Waals surface area contributed by atoms with Gasteiger partial charge < -0.3 is 10.5 Å². The van der Waals surface area contributed by atoms with Crippen molar-refractivity contribution >= 4 is 17.7 Å². The maximum atomic E-state index is 11.7. The van der Waals surface area contributed by atoms with Gasteiger partial charge in [0.2, 0.25) is 0 Å². The molecule has 1 atom stereocenters. The number of benzene rings is 1. The maximum Gasteiger partial charge on any atom is 0.410 e. The van der Waals surface area contributed by atoms with E-state index in [1.54, 1.807) is 11.0 Å². The molecular formula is C12H15ClN2O2. The fraction of sp³-hybridized carbons (Fsp3) is 0.417. The van der Waals surface area contributed by atoms with Gasteiger partial charge >= 0.3 is 6.09 Å². The number of nitrogens with two attached hydrogens (primary N) is 1. The van der Waals surface area contributed by atoms with Gasteiger partial charge in [-0.3, -0.25) is 4.90 Å². The Morgan fingerprint density at radius 3 is 2.94 bits per heavy atom. The number of halogens is 1. The van der Waals surface area contributed by atoms with Crippen LogP contribution in [0.5, 0.6) is 0 Å². The summed E-state index contributed by atoms with van der Waals surface area (Å²) in [6.45, 7) is 3.16. The Labute approximate surface area is 105 Å². The lowest BCUT2D eigenvalue weighted by molar-refractivity contribution is 0.0781. The van der Waals surface area contributed by atoms with Gasteiger partial charge in [0.1, 0.15) is 5.60 Å². The van der Waals surface area contributed by atoms with Crippen molar-refractivity contribution in [3.63, 3.8) is 0 Å². The van der Waals surface area contributed by atoms with E-state index in [1.165, 1.54) is 0 Å². The summed E-state index contributed by atoms with van der Waals surface area (Å²) in [4.78, 5) is 13.3. The Kier molecular flexibility index (Phi) is 3.26. The molecule has 2 rings (SSSR count). The number of hydrogen-bond acceptors (Lipinski definition) is 3. The number of nitrogens with zero attached hydrogens (tertiary/aromatic N) is 1. The first kappa shape index (κ1) is 12.2. The standard InChI is InChI=1S/C12H15ClN2O2/c1-12(7-14)8-15(11(16)17-12)6-9-3-2-4-10(13)5-9/h2-5H,6-8,14H2,1H3. The van der Waals surface area contributed by atoms with Crippen LogP contribution in [-0.4, -0.2) is 29.7 Å². The Hall–Kier alpha value is -1.26. The van der Waals surface area contributed by atoms with Crippen molar-refractivity contribution in [3.8, 4) is 0 Å². The van der Waals surface area contributed by atoms with E-state index in [0.717, 1.165) is 5.56 Å². The second-order valence-corrected chi connectivity index (χ2v) is 4.94. The Balaban J connectivity index is 2.08. The molecule has 1 unspecified atom stereocenters. The summed E-state index contributed by atoms with van der Waals surface area (Å²) in [5, 5.41) is 0.664. The molecule has 1 aromatic rings. The minimum Gasteiger partial charge on any atom is -0.440 e. The zero-order valence-corrected chi connectivity index (χ0v) is 10.4. The molecular weight excluding hydrogens is 240 g/mol. The largest absolute Gasteiger partial charge is 0.440 e. The zero-order chi connectivity index (χ0) is 12.5. The van der Waals surface area contributed by atoms with E-state index in [4.69, 9.17) is 22.1 Å². The van der Waals surface area contributed by atoms with Gasteiger partial charge in [-0.05, 0) is 24.6 Å². The lowest BCUT2D eigenvalue weighted by Gasteiger charge is -2.19. The van der Waals surface area contributed by atoms with E-state index in [-0.39, 0.29) is 6.09 Å². The fourth-order valence-electron chi connectivity index (χ4n) is 1.86. The van der Waals surface area contributed by atoms with Crippen LogP contribution >= 0.6 is 11.6 Å². The highest BCUT2D eigenvalue weighted by molar-refractivity contribution is 6.30. The molecule has 1 aliphatic heterocycles. The Bertz CT molecular complexity index is 438. The van der Waals surface area contributed by atoms with Crippen molar-refractivity contribution in [3.05, 3.63) is 34.9 Å². The predicted molar refractivity (Wildman–Crippen MR) is 65.8 cm³/mol. The van der Waals surface area contributed by atoms with Crippen LogP contribution < -0.4 is 5.73 Å². The second-order valence-electron chi connectivity index (χ2n) is 4.51. The van der Waals surface area contributed by atoms with Crippen LogP contribution in [-0.2, 0) is 11.3 Å². The van der Waals surface area contributed by atoms with Gasteiger partial charge in [-0.1, -0.05) is 23.7 Å². The number of carbonyl (C=O) groups is 1. The first-order valence-corrected chi connectivity index (χ1v) is 5.83. The molecule has 17 heavy (non-hydrogen) atoms. The van der Waals surface area contributed by atoms with Crippen molar-refractivity contribution < 1.29 is 9.53 Å². The van der Waals surface area contributed by atoms with Gasteiger partial charge in [0.05, 0.1) is 6.54 Å². The number of hydrogen-bond donors (Lipinski definition) is 1. The molecule has 92 valence electrons. The highest BCUT2D eigenvalue weighted by atomic mass is 35.5. The van der Waals surface area contributed by atoms with Gasteiger partial charge in [-0.2, -0.15) is 0 Å². The van der Waals surface area contributed by atoms with Gasteiger partial charge in [0, 0.05) is 18.1 Å². The third kappa shape index (κ3) is 2.70. The Morgan fingerprint density at radius 2 is 2.35 bits per heavy atom. The first-order chi connectivity index (χ1) is 8.02. The number of ether oxygens (including phenoxy) is 1. The minimum absolute atomic E-state index is 0.321. The monoisotopic (exact) mass is 254 g/mol. The highest BCUT2D eigenvalue weighted by Crippen LogP contribution is 2.23. The van der Waals surface area contributed by atoms with Crippen LogP contribution in [0.3, 0.4) is 0 Å². The van der Waals surface area contributed by atoms with Gasteiger partial charge in [0.15, 0.2) is 0 Å². The quantitative estimate of drug-likeness (QED) is 0.898. The number of cyclic esters (lactones) is 1. The molecule has 1 fully saturated rings. The average molecular weight is 255 g/mol. The van der Waals surface area contributed by atoms with E-state index in [9.17, 15) is 4.79 Å². The minimum atomic E-state index is -0.574. The highest BCUT2D eigenvalue weighted by Gasteiger charge is 2.40. The van der Waals surface area contributed by atoms with Crippen molar-refractivity contribution in [1.82, 2.24) is 4.90 Å². The van der Waals surface area contributed by atoms with Crippen molar-refractivity contribution in [2.75, 3.05) is 13.1 Å². The lowest BCUT2D eigenvalue weighted by atomic mass is 10.1. The van der Waals surface area contributed by atoms with Crippen molar-refractivity contribution in [2.45, 2.75) is 19.1 Å². The second kappa shape index (κ2) is 4.55. The van der Waals surface area contributed by atoms with Gasteiger partial charge in [0.25, 0.3) is 0 Å². The van der Waals surface area contributed by atoms with E-state index in [0.29, 0.717) is 24.7 Å². The summed E-state index contributed by atoms with van der Waals surface area (Å²) in [6, 6.07) is 7.43. The van der Waals surface area contributed by atoms with Gasteiger partial charge in [-0.15, -0.1) is 0 Å². The zero-order valence-electron chi connectivity index (χ0n) is 9.65. The Morgan fingerprint density at radius 1 is 1.59 bits per heavy atom. The van der Waals surface area contributed by atoms with Gasteiger partial charge in [-0.25, -0.2) is 4.79 Å². The molecule has 0 radical (unpaired) electrons. The molecule has 0 spiro atoms. The molecule has 0 aromatic heterocycles. The maximum absolute atomic E-state index is 11.7. The molecule has 1 aromatic carbocycles. The van der Waals surface area contributed by atoms with E-state index in [2.05, 4.69) is 0 Å². The fourth-order valence-corrected chi connectivity index (χ4v) is 2.07. The van der Waals surface area contributed by atoms with E-state index >= 15 is 0 Å². The number of amides is 1. The topological polar surface area (TPSA) is 55.6 Å². The predicted octanol–water partition coefficient (Wildman–Crippen LogP) is 2.01.